The van der Waals surface area contributed by atoms with Gasteiger partial charge >= 0.3 is 0 Å². The zero-order valence-electron chi connectivity index (χ0n) is 13.8. The minimum absolute atomic E-state index is 0.00787. The van der Waals surface area contributed by atoms with Crippen LogP contribution < -0.4 is 10.6 Å². The maximum atomic E-state index is 13.1. The Morgan fingerprint density at radius 2 is 1.85 bits per heavy atom. The van der Waals surface area contributed by atoms with Gasteiger partial charge in [-0.05, 0) is 36.4 Å². The summed E-state index contributed by atoms with van der Waals surface area (Å²) in [6.45, 7) is 0. The monoisotopic (exact) mass is 384 g/mol. The quantitative estimate of drug-likeness (QED) is 0.545. The first-order valence-corrected chi connectivity index (χ1v) is 8.88. The molecule has 1 unspecified atom stereocenters. The second kappa shape index (κ2) is 6.84. The predicted octanol–water partition coefficient (Wildman–Crippen LogP) is 2.88. The second-order valence-electron chi connectivity index (χ2n) is 5.81. The van der Waals surface area contributed by atoms with E-state index in [1.165, 1.54) is 24.3 Å². The van der Waals surface area contributed by atoms with Crippen LogP contribution in [0.2, 0.25) is 0 Å². The Hall–Kier alpha value is -3.20. The van der Waals surface area contributed by atoms with Gasteiger partial charge < -0.3 is 10.2 Å². The summed E-state index contributed by atoms with van der Waals surface area (Å²) >= 11 is 1.02. The minimum atomic E-state index is -0.691. The number of carbonyl (C=O) groups is 2. The molecule has 1 fully saturated rings. The summed E-state index contributed by atoms with van der Waals surface area (Å²) in [5.74, 6) is -0.975. The predicted molar refractivity (Wildman–Crippen MR) is 97.3 cm³/mol. The molecule has 2 aromatic carbocycles. The number of hydrogen-bond donors (Lipinski definition) is 1. The van der Waals surface area contributed by atoms with Gasteiger partial charge in [-0.3, -0.25) is 9.59 Å². The van der Waals surface area contributed by atoms with Crippen molar-refractivity contribution in [2.75, 3.05) is 10.6 Å². The number of nitrogens with two attached hydrogens (primary N) is 1. The fourth-order valence-corrected chi connectivity index (χ4v) is 3.63. The molecule has 3 aromatic rings. The lowest BCUT2D eigenvalue weighted by Gasteiger charge is -2.14. The van der Waals surface area contributed by atoms with Gasteiger partial charge in [-0.25, -0.2) is 9.29 Å². The summed E-state index contributed by atoms with van der Waals surface area (Å²) in [6, 6.07) is 12.2. The van der Waals surface area contributed by atoms with Crippen LogP contribution in [-0.2, 0) is 9.59 Å². The number of nitrogen functional groups attached to an aromatic ring is 1. The molecule has 2 heterocycles. The standard InChI is InChI=1S/C18H13FN4O3S/c19-10-5-7-11(8-6-10)23-15(24)9-14(17(23)25)27-18-22-21-16(26-18)12-3-1-2-4-13(12)20/h1-8,14H,9,20H2. The zero-order chi connectivity index (χ0) is 19.0. The van der Waals surface area contributed by atoms with E-state index in [0.717, 1.165) is 16.7 Å². The minimum Gasteiger partial charge on any atom is -0.411 e. The second-order valence-corrected chi connectivity index (χ2v) is 6.97. The third-order valence-electron chi connectivity index (χ3n) is 4.03. The molecular weight excluding hydrogens is 371 g/mol. The van der Waals surface area contributed by atoms with Gasteiger partial charge in [0.05, 0.1) is 11.3 Å². The number of thioether (sulfide) groups is 1. The van der Waals surface area contributed by atoms with E-state index in [1.54, 1.807) is 24.3 Å². The first-order valence-electron chi connectivity index (χ1n) is 8.00. The van der Waals surface area contributed by atoms with Crippen LogP contribution in [0.25, 0.3) is 11.5 Å². The molecule has 1 aromatic heterocycles. The Kier molecular flexibility index (Phi) is 4.36. The van der Waals surface area contributed by atoms with E-state index in [4.69, 9.17) is 10.2 Å². The SMILES string of the molecule is Nc1ccccc1-c1nnc(SC2CC(=O)N(c3ccc(F)cc3)C2=O)o1. The molecule has 1 atom stereocenters. The molecule has 0 spiro atoms. The van der Waals surface area contributed by atoms with Crippen LogP contribution >= 0.6 is 11.8 Å². The molecule has 1 aliphatic rings. The summed E-state index contributed by atoms with van der Waals surface area (Å²) in [7, 11) is 0. The Balaban J connectivity index is 1.52. The number of amides is 2. The summed E-state index contributed by atoms with van der Waals surface area (Å²) in [5, 5.41) is 7.35. The van der Waals surface area contributed by atoms with E-state index < -0.39 is 17.0 Å². The molecule has 0 saturated carbocycles. The van der Waals surface area contributed by atoms with Crippen molar-refractivity contribution in [1.29, 1.82) is 0 Å². The van der Waals surface area contributed by atoms with Crippen LogP contribution in [0, 0.1) is 5.82 Å². The van der Waals surface area contributed by atoms with Crippen LogP contribution in [0.15, 0.2) is 58.2 Å². The van der Waals surface area contributed by atoms with Crippen molar-refractivity contribution in [3.63, 3.8) is 0 Å². The number of nitrogens with zero attached hydrogens (tertiary/aromatic N) is 3. The van der Waals surface area contributed by atoms with Crippen molar-refractivity contribution in [1.82, 2.24) is 10.2 Å². The lowest BCUT2D eigenvalue weighted by molar-refractivity contribution is -0.121. The molecule has 0 aliphatic carbocycles. The normalized spacial score (nSPS) is 16.9. The molecular formula is C18H13FN4O3S. The largest absolute Gasteiger partial charge is 0.411 e. The first-order chi connectivity index (χ1) is 13.0. The highest BCUT2D eigenvalue weighted by Gasteiger charge is 2.41. The Bertz CT molecular complexity index is 1020. The average molecular weight is 384 g/mol. The number of hydrogen-bond acceptors (Lipinski definition) is 7. The van der Waals surface area contributed by atoms with Crippen LogP contribution in [0.5, 0.6) is 0 Å². The van der Waals surface area contributed by atoms with Crippen LogP contribution in [-0.4, -0.2) is 27.3 Å². The Labute approximate surface area is 157 Å². The number of benzene rings is 2. The summed E-state index contributed by atoms with van der Waals surface area (Å²) in [4.78, 5) is 25.9. The van der Waals surface area contributed by atoms with Crippen molar-refractivity contribution >= 4 is 35.0 Å². The molecule has 9 heteroatoms. The number of imide groups is 1. The molecule has 7 nitrogen and oxygen atoms in total. The highest BCUT2D eigenvalue weighted by Crippen LogP contribution is 2.35. The Morgan fingerprint density at radius 3 is 2.59 bits per heavy atom. The fourth-order valence-electron chi connectivity index (χ4n) is 2.74. The van der Waals surface area contributed by atoms with Gasteiger partial charge in [-0.2, -0.15) is 0 Å². The fraction of sp³-hybridized carbons (Fsp3) is 0.111. The maximum Gasteiger partial charge on any atom is 0.277 e. The third-order valence-corrected chi connectivity index (χ3v) is 5.05. The lowest BCUT2D eigenvalue weighted by atomic mass is 10.2. The smallest absolute Gasteiger partial charge is 0.277 e. The van der Waals surface area contributed by atoms with Crippen LogP contribution in [0.3, 0.4) is 0 Å². The third kappa shape index (κ3) is 3.28. The van der Waals surface area contributed by atoms with E-state index in [-0.39, 0.29) is 23.4 Å². The molecule has 1 aliphatic heterocycles. The molecule has 4 rings (SSSR count). The van der Waals surface area contributed by atoms with Gasteiger partial charge in [0.2, 0.25) is 11.8 Å². The summed E-state index contributed by atoms with van der Waals surface area (Å²) < 4.78 is 18.7. The van der Waals surface area contributed by atoms with Gasteiger partial charge in [-0.1, -0.05) is 23.9 Å². The molecule has 1 saturated heterocycles. The number of para-hydroxylation sites is 1. The van der Waals surface area contributed by atoms with E-state index in [2.05, 4.69) is 10.2 Å². The summed E-state index contributed by atoms with van der Waals surface area (Å²) in [6.07, 6.45) is -0.00787. The van der Waals surface area contributed by atoms with E-state index >= 15 is 0 Å². The highest BCUT2D eigenvalue weighted by atomic mass is 32.2. The van der Waals surface area contributed by atoms with Gasteiger partial charge in [-0.15, -0.1) is 10.2 Å². The number of carbonyl (C=O) groups excluding carboxylic acids is 2. The van der Waals surface area contributed by atoms with Gasteiger partial charge in [0, 0.05) is 12.1 Å². The van der Waals surface area contributed by atoms with Gasteiger partial charge in [0.25, 0.3) is 11.1 Å². The molecule has 136 valence electrons. The van der Waals surface area contributed by atoms with Crippen molar-refractivity contribution < 1.29 is 18.4 Å². The highest BCUT2D eigenvalue weighted by molar-refractivity contribution is 8.00. The van der Waals surface area contributed by atoms with Crippen molar-refractivity contribution in [3.8, 4) is 11.5 Å². The van der Waals surface area contributed by atoms with E-state index in [9.17, 15) is 14.0 Å². The maximum absolute atomic E-state index is 13.1. The van der Waals surface area contributed by atoms with Crippen molar-refractivity contribution in [2.45, 2.75) is 16.9 Å². The van der Waals surface area contributed by atoms with Gasteiger partial charge in [0.1, 0.15) is 11.1 Å². The zero-order valence-corrected chi connectivity index (χ0v) is 14.6. The number of aromatic nitrogens is 2. The molecule has 2 amide bonds. The topological polar surface area (TPSA) is 102 Å². The van der Waals surface area contributed by atoms with Crippen molar-refractivity contribution in [3.05, 3.63) is 54.3 Å². The average Bonchev–Trinajstić information content (AvgIpc) is 3.22. The number of rotatable bonds is 4. The van der Waals surface area contributed by atoms with Crippen LogP contribution in [0.4, 0.5) is 15.8 Å². The molecule has 27 heavy (non-hydrogen) atoms. The van der Waals surface area contributed by atoms with E-state index in [1.807, 2.05) is 0 Å². The van der Waals surface area contributed by atoms with Gasteiger partial charge in [0.15, 0.2) is 0 Å². The number of anilines is 2. The Morgan fingerprint density at radius 1 is 1.11 bits per heavy atom. The first kappa shape index (κ1) is 17.2. The van der Waals surface area contributed by atoms with E-state index in [0.29, 0.717) is 16.9 Å². The van der Waals surface area contributed by atoms with Crippen molar-refractivity contribution in [2.24, 2.45) is 0 Å². The lowest BCUT2D eigenvalue weighted by Crippen LogP contribution is -2.31. The molecule has 0 radical (unpaired) electrons. The molecule has 2 N–H and O–H groups in total. The molecule has 0 bridgehead atoms. The number of halogens is 1. The summed E-state index contributed by atoms with van der Waals surface area (Å²) in [5.41, 5.74) is 7.31. The van der Waals surface area contributed by atoms with Crippen LogP contribution in [0.1, 0.15) is 6.42 Å².